The average Bonchev–Trinajstić information content (AvgIpc) is 2.57. The number of piperidine rings is 1. The number of carbonyl (C=O) groups is 1. The van der Waals surface area contributed by atoms with Crippen LogP contribution in [-0.4, -0.2) is 28.4 Å². The summed E-state index contributed by atoms with van der Waals surface area (Å²) in [4.78, 5) is 18.6. The molecule has 1 saturated heterocycles. The summed E-state index contributed by atoms with van der Waals surface area (Å²) in [6, 6.07) is 12.6. The SMILES string of the molecule is C[C@H]1CCCCN1C(=O)Cc1ccc(-c2cccnc2)cc1. The Bertz CT molecular complexity index is 622. The maximum atomic E-state index is 12.4. The van der Waals surface area contributed by atoms with Crippen molar-refractivity contribution in [3.63, 3.8) is 0 Å². The lowest BCUT2D eigenvalue weighted by molar-refractivity contribution is -0.133. The summed E-state index contributed by atoms with van der Waals surface area (Å²) in [5, 5.41) is 0. The third-order valence-corrected chi connectivity index (χ3v) is 4.43. The molecule has 1 fully saturated rings. The monoisotopic (exact) mass is 294 g/mol. The maximum Gasteiger partial charge on any atom is 0.227 e. The van der Waals surface area contributed by atoms with Gasteiger partial charge in [-0.05, 0) is 48.9 Å². The zero-order valence-electron chi connectivity index (χ0n) is 13.0. The van der Waals surface area contributed by atoms with Crippen LogP contribution in [0.2, 0.25) is 0 Å². The van der Waals surface area contributed by atoms with E-state index in [9.17, 15) is 4.79 Å². The number of aromatic nitrogens is 1. The van der Waals surface area contributed by atoms with Gasteiger partial charge in [0.2, 0.25) is 5.91 Å². The van der Waals surface area contributed by atoms with E-state index >= 15 is 0 Å². The molecule has 0 saturated carbocycles. The van der Waals surface area contributed by atoms with Crippen molar-refractivity contribution < 1.29 is 4.79 Å². The van der Waals surface area contributed by atoms with Gasteiger partial charge in [0.15, 0.2) is 0 Å². The quantitative estimate of drug-likeness (QED) is 0.865. The van der Waals surface area contributed by atoms with Gasteiger partial charge in [0.1, 0.15) is 0 Å². The first-order chi connectivity index (χ1) is 10.7. The molecule has 114 valence electrons. The third kappa shape index (κ3) is 3.35. The molecule has 2 heterocycles. The van der Waals surface area contributed by atoms with Crippen LogP contribution in [0, 0.1) is 0 Å². The summed E-state index contributed by atoms with van der Waals surface area (Å²) in [6.45, 7) is 3.07. The zero-order chi connectivity index (χ0) is 15.4. The molecule has 1 aliphatic rings. The van der Waals surface area contributed by atoms with Crippen LogP contribution in [0.25, 0.3) is 11.1 Å². The summed E-state index contributed by atoms with van der Waals surface area (Å²) >= 11 is 0. The van der Waals surface area contributed by atoms with E-state index in [2.05, 4.69) is 36.2 Å². The minimum atomic E-state index is 0.251. The Labute approximate surface area is 132 Å². The molecule has 1 aromatic heterocycles. The Morgan fingerprint density at radius 3 is 2.68 bits per heavy atom. The predicted octanol–water partition coefficient (Wildman–Crippen LogP) is 3.69. The van der Waals surface area contributed by atoms with Crippen molar-refractivity contribution in [2.45, 2.75) is 38.6 Å². The molecule has 3 rings (SSSR count). The lowest BCUT2D eigenvalue weighted by Gasteiger charge is -2.33. The molecule has 1 aliphatic heterocycles. The number of rotatable bonds is 3. The van der Waals surface area contributed by atoms with Gasteiger partial charge in [-0.1, -0.05) is 30.3 Å². The standard InChI is InChI=1S/C19H22N2O/c1-15-5-2-3-12-21(15)19(22)13-16-7-9-17(10-8-16)18-6-4-11-20-14-18/h4,6-11,14-15H,2-3,5,12-13H2,1H3/t15-/m0/s1. The van der Waals surface area contributed by atoms with Gasteiger partial charge in [-0.15, -0.1) is 0 Å². The fraction of sp³-hybridized carbons (Fsp3) is 0.368. The highest BCUT2D eigenvalue weighted by atomic mass is 16.2. The van der Waals surface area contributed by atoms with Gasteiger partial charge in [0.05, 0.1) is 6.42 Å². The Kier molecular flexibility index (Phi) is 4.52. The molecule has 1 atom stereocenters. The predicted molar refractivity (Wildman–Crippen MR) is 88.4 cm³/mol. The number of hydrogen-bond donors (Lipinski definition) is 0. The van der Waals surface area contributed by atoms with Gasteiger partial charge in [-0.2, -0.15) is 0 Å². The zero-order valence-corrected chi connectivity index (χ0v) is 13.0. The van der Waals surface area contributed by atoms with E-state index in [0.717, 1.165) is 36.1 Å². The number of likely N-dealkylation sites (tertiary alicyclic amines) is 1. The molecule has 1 amide bonds. The summed E-state index contributed by atoms with van der Waals surface area (Å²) in [7, 11) is 0. The van der Waals surface area contributed by atoms with Gasteiger partial charge in [-0.25, -0.2) is 0 Å². The number of carbonyl (C=O) groups excluding carboxylic acids is 1. The summed E-state index contributed by atoms with van der Waals surface area (Å²) in [5.74, 6) is 0.251. The molecule has 0 radical (unpaired) electrons. The van der Waals surface area contributed by atoms with Gasteiger partial charge in [0, 0.05) is 25.0 Å². The smallest absolute Gasteiger partial charge is 0.227 e. The molecule has 1 aromatic carbocycles. The Hall–Kier alpha value is -2.16. The van der Waals surface area contributed by atoms with Crippen LogP contribution in [0.5, 0.6) is 0 Å². The van der Waals surface area contributed by atoms with E-state index in [-0.39, 0.29) is 5.91 Å². The maximum absolute atomic E-state index is 12.4. The van der Waals surface area contributed by atoms with Crippen molar-refractivity contribution in [1.29, 1.82) is 0 Å². The number of amides is 1. The van der Waals surface area contributed by atoms with Crippen LogP contribution >= 0.6 is 0 Å². The second-order valence-electron chi connectivity index (χ2n) is 6.05. The van der Waals surface area contributed by atoms with Crippen molar-refractivity contribution in [3.8, 4) is 11.1 Å². The molecule has 2 aromatic rings. The fourth-order valence-electron chi connectivity index (χ4n) is 3.09. The minimum Gasteiger partial charge on any atom is -0.340 e. The van der Waals surface area contributed by atoms with Crippen LogP contribution in [0.15, 0.2) is 48.8 Å². The molecule has 0 aliphatic carbocycles. The highest BCUT2D eigenvalue weighted by molar-refractivity contribution is 5.79. The number of benzene rings is 1. The molecule has 0 unspecified atom stereocenters. The highest BCUT2D eigenvalue weighted by Crippen LogP contribution is 2.20. The topological polar surface area (TPSA) is 33.2 Å². The molecule has 22 heavy (non-hydrogen) atoms. The molecule has 0 bridgehead atoms. The van der Waals surface area contributed by atoms with Crippen LogP contribution in [-0.2, 0) is 11.2 Å². The van der Waals surface area contributed by atoms with Gasteiger partial charge >= 0.3 is 0 Å². The van der Waals surface area contributed by atoms with E-state index in [1.165, 1.54) is 6.42 Å². The lowest BCUT2D eigenvalue weighted by atomic mass is 10.0. The summed E-state index contributed by atoms with van der Waals surface area (Å²) < 4.78 is 0. The normalized spacial score (nSPS) is 18.2. The Balaban J connectivity index is 1.67. The molecular formula is C19H22N2O. The fourth-order valence-corrected chi connectivity index (χ4v) is 3.09. The van der Waals surface area contributed by atoms with E-state index in [4.69, 9.17) is 0 Å². The first kappa shape index (κ1) is 14.8. The Morgan fingerprint density at radius 2 is 2.00 bits per heavy atom. The van der Waals surface area contributed by atoms with E-state index in [0.29, 0.717) is 12.5 Å². The van der Waals surface area contributed by atoms with Crippen LogP contribution in [0.3, 0.4) is 0 Å². The molecule has 3 heteroatoms. The second kappa shape index (κ2) is 6.73. The van der Waals surface area contributed by atoms with Gasteiger partial charge in [-0.3, -0.25) is 9.78 Å². The van der Waals surface area contributed by atoms with Gasteiger partial charge in [0.25, 0.3) is 0 Å². The van der Waals surface area contributed by atoms with Crippen molar-refractivity contribution in [3.05, 3.63) is 54.4 Å². The van der Waals surface area contributed by atoms with Crippen molar-refractivity contribution in [2.24, 2.45) is 0 Å². The number of nitrogens with zero attached hydrogens (tertiary/aromatic N) is 2. The highest BCUT2D eigenvalue weighted by Gasteiger charge is 2.22. The van der Waals surface area contributed by atoms with Gasteiger partial charge < -0.3 is 4.90 Å². The first-order valence-corrected chi connectivity index (χ1v) is 8.03. The first-order valence-electron chi connectivity index (χ1n) is 8.03. The van der Waals surface area contributed by atoms with Crippen LogP contribution in [0.4, 0.5) is 0 Å². The average molecular weight is 294 g/mol. The lowest BCUT2D eigenvalue weighted by Crippen LogP contribution is -2.42. The minimum absolute atomic E-state index is 0.251. The molecule has 0 spiro atoms. The largest absolute Gasteiger partial charge is 0.340 e. The van der Waals surface area contributed by atoms with Crippen molar-refractivity contribution >= 4 is 5.91 Å². The Morgan fingerprint density at radius 1 is 1.18 bits per heavy atom. The van der Waals surface area contributed by atoms with Crippen molar-refractivity contribution in [2.75, 3.05) is 6.54 Å². The third-order valence-electron chi connectivity index (χ3n) is 4.43. The van der Waals surface area contributed by atoms with E-state index in [1.807, 2.05) is 23.2 Å². The van der Waals surface area contributed by atoms with Crippen LogP contribution in [0.1, 0.15) is 31.7 Å². The molecule has 3 nitrogen and oxygen atoms in total. The number of pyridine rings is 1. The van der Waals surface area contributed by atoms with E-state index in [1.54, 1.807) is 6.20 Å². The molecule has 0 N–H and O–H groups in total. The van der Waals surface area contributed by atoms with E-state index < -0.39 is 0 Å². The van der Waals surface area contributed by atoms with Crippen molar-refractivity contribution in [1.82, 2.24) is 9.88 Å². The van der Waals surface area contributed by atoms with Crippen LogP contribution < -0.4 is 0 Å². The molecular weight excluding hydrogens is 272 g/mol. The summed E-state index contributed by atoms with van der Waals surface area (Å²) in [5.41, 5.74) is 3.32. The second-order valence-corrected chi connectivity index (χ2v) is 6.05. The number of hydrogen-bond acceptors (Lipinski definition) is 2. The summed E-state index contributed by atoms with van der Waals surface area (Å²) in [6.07, 6.45) is 7.63.